The SMILES string of the molecule is CC1=C2C=C3C(O)C(O)C(N(C)C)CC34CCC2(O4)C2CC=C(c3ccc4ncoc4c3)C2(C)C1. The van der Waals surface area contributed by atoms with Crippen LogP contribution in [0.4, 0.5) is 0 Å². The third-order valence-electron chi connectivity index (χ3n) is 10.0. The van der Waals surface area contributed by atoms with Crippen molar-refractivity contribution in [3.63, 3.8) is 0 Å². The monoisotopic (exact) mass is 474 g/mol. The number of aliphatic hydroxyl groups is 2. The van der Waals surface area contributed by atoms with Crippen LogP contribution >= 0.6 is 0 Å². The lowest BCUT2D eigenvalue weighted by Gasteiger charge is -2.56. The van der Waals surface area contributed by atoms with E-state index in [1.165, 1.54) is 28.7 Å². The fraction of sp³-hybridized carbons (Fsp3) is 0.552. The summed E-state index contributed by atoms with van der Waals surface area (Å²) in [5.41, 5.74) is 6.84. The maximum atomic E-state index is 11.2. The molecule has 7 rings (SSSR count). The van der Waals surface area contributed by atoms with Crippen LogP contribution < -0.4 is 0 Å². The Kier molecular flexibility index (Phi) is 4.36. The van der Waals surface area contributed by atoms with Gasteiger partial charge in [0.25, 0.3) is 0 Å². The smallest absolute Gasteiger partial charge is 0.181 e. The van der Waals surface area contributed by atoms with Crippen molar-refractivity contribution in [3.8, 4) is 0 Å². The standard InChI is InChI=1S/C29H34N2O4/c1-16-13-27(2)18(17-5-7-21-23(11-17)34-15-30-21)6-8-24(27)29-10-9-28(35-29)14-22(31(3)4)26(33)25(32)20(28)12-19(16)29/h5-7,11-12,15,22,24-26,32-33H,8-10,13-14H2,1-4H3. The van der Waals surface area contributed by atoms with Gasteiger partial charge in [-0.3, -0.25) is 0 Å². The maximum absolute atomic E-state index is 11.2. The molecule has 3 heterocycles. The number of ether oxygens (including phenoxy) is 1. The molecule has 1 saturated heterocycles. The van der Waals surface area contributed by atoms with Crippen molar-refractivity contribution in [1.29, 1.82) is 0 Å². The molecule has 3 aliphatic carbocycles. The number of fused-ring (bicyclic) bond motifs is 2. The highest BCUT2D eigenvalue weighted by Gasteiger charge is 2.68. The molecule has 6 heteroatoms. The molecule has 2 fully saturated rings. The molecule has 1 aromatic heterocycles. The number of hydrogen-bond donors (Lipinski definition) is 2. The minimum Gasteiger partial charge on any atom is -0.443 e. The highest BCUT2D eigenvalue weighted by Crippen LogP contribution is 2.69. The molecule has 7 atom stereocenters. The van der Waals surface area contributed by atoms with Crippen molar-refractivity contribution >= 4 is 16.7 Å². The molecule has 2 aliphatic heterocycles. The summed E-state index contributed by atoms with van der Waals surface area (Å²) in [5, 5.41) is 22.1. The molecule has 6 nitrogen and oxygen atoms in total. The van der Waals surface area contributed by atoms with Gasteiger partial charge in [0.2, 0.25) is 0 Å². The second-order valence-electron chi connectivity index (χ2n) is 12.0. The van der Waals surface area contributed by atoms with Gasteiger partial charge in [-0.25, -0.2) is 4.98 Å². The zero-order chi connectivity index (χ0) is 24.3. The average molecular weight is 475 g/mol. The molecular formula is C29H34N2O4. The van der Waals surface area contributed by atoms with Crippen molar-refractivity contribution in [2.75, 3.05) is 14.1 Å². The minimum absolute atomic E-state index is 0.0497. The second kappa shape index (κ2) is 6.94. The molecule has 2 spiro atoms. The number of rotatable bonds is 2. The topological polar surface area (TPSA) is 79.0 Å². The second-order valence-corrected chi connectivity index (χ2v) is 12.0. The lowest BCUT2D eigenvalue weighted by molar-refractivity contribution is -0.162. The Labute approximate surface area is 206 Å². The molecule has 7 unspecified atom stereocenters. The number of allylic oxidation sites excluding steroid dienone is 3. The Balaban J connectivity index is 1.34. The molecule has 35 heavy (non-hydrogen) atoms. The van der Waals surface area contributed by atoms with E-state index in [4.69, 9.17) is 9.15 Å². The van der Waals surface area contributed by atoms with Crippen molar-refractivity contribution in [2.24, 2.45) is 11.3 Å². The number of likely N-dealkylation sites (N-methyl/N-ethyl adjacent to an activating group) is 1. The molecule has 5 aliphatic rings. The van der Waals surface area contributed by atoms with Gasteiger partial charge in [-0.05, 0) is 87.5 Å². The van der Waals surface area contributed by atoms with E-state index >= 15 is 0 Å². The predicted octanol–water partition coefficient (Wildman–Crippen LogP) is 4.24. The van der Waals surface area contributed by atoms with Crippen molar-refractivity contribution in [3.05, 3.63) is 59.0 Å². The van der Waals surface area contributed by atoms with Crippen LogP contribution in [0.3, 0.4) is 0 Å². The fourth-order valence-electron chi connectivity index (χ4n) is 8.47. The molecule has 0 radical (unpaired) electrons. The van der Waals surface area contributed by atoms with Gasteiger partial charge < -0.3 is 24.3 Å². The van der Waals surface area contributed by atoms with Crippen molar-refractivity contribution in [2.45, 2.75) is 75.4 Å². The summed E-state index contributed by atoms with van der Waals surface area (Å²) in [6.45, 7) is 4.64. The van der Waals surface area contributed by atoms with Crippen LogP contribution in [-0.2, 0) is 4.74 Å². The van der Waals surface area contributed by atoms with Gasteiger partial charge in [0, 0.05) is 17.4 Å². The van der Waals surface area contributed by atoms with Crippen LogP contribution in [0.15, 0.2) is 57.9 Å². The number of benzene rings is 1. The summed E-state index contributed by atoms with van der Waals surface area (Å²) in [6, 6.07) is 6.22. The summed E-state index contributed by atoms with van der Waals surface area (Å²) in [7, 11) is 3.95. The average Bonchev–Trinajstić information content (AvgIpc) is 3.50. The van der Waals surface area contributed by atoms with Crippen molar-refractivity contribution in [1.82, 2.24) is 9.88 Å². The van der Waals surface area contributed by atoms with Crippen LogP contribution in [0.2, 0.25) is 0 Å². The molecule has 0 amide bonds. The van der Waals surface area contributed by atoms with Crippen LogP contribution in [0.25, 0.3) is 16.7 Å². The first-order valence-corrected chi connectivity index (χ1v) is 12.9. The minimum atomic E-state index is -0.897. The van der Waals surface area contributed by atoms with Crippen molar-refractivity contribution < 1.29 is 19.4 Å². The van der Waals surface area contributed by atoms with Gasteiger partial charge >= 0.3 is 0 Å². The van der Waals surface area contributed by atoms with Crippen LogP contribution in [0, 0.1) is 11.3 Å². The van der Waals surface area contributed by atoms with E-state index in [0.717, 1.165) is 42.4 Å². The number of oxazole rings is 1. The highest BCUT2D eigenvalue weighted by atomic mass is 16.5. The normalized spacial score (nSPS) is 42.1. The summed E-state index contributed by atoms with van der Waals surface area (Å²) in [6.07, 6.45) is 8.92. The summed E-state index contributed by atoms with van der Waals surface area (Å²) < 4.78 is 12.9. The van der Waals surface area contributed by atoms with E-state index in [1.54, 1.807) is 0 Å². The zero-order valence-electron chi connectivity index (χ0n) is 20.9. The van der Waals surface area contributed by atoms with Crippen LogP contribution in [-0.4, -0.2) is 63.6 Å². The molecule has 2 N–H and O–H groups in total. The quantitative estimate of drug-likeness (QED) is 0.678. The van der Waals surface area contributed by atoms with Gasteiger partial charge in [-0.2, -0.15) is 0 Å². The molecule has 184 valence electrons. The van der Waals surface area contributed by atoms with Gasteiger partial charge in [-0.15, -0.1) is 0 Å². The van der Waals surface area contributed by atoms with Gasteiger partial charge in [-0.1, -0.05) is 30.7 Å². The summed E-state index contributed by atoms with van der Waals surface area (Å²) >= 11 is 0. The first-order chi connectivity index (χ1) is 16.7. The molecule has 1 aromatic carbocycles. The third kappa shape index (κ3) is 2.66. The Bertz CT molecular complexity index is 1340. The molecular weight excluding hydrogens is 440 g/mol. The van der Waals surface area contributed by atoms with Gasteiger partial charge in [0.1, 0.15) is 11.6 Å². The number of nitrogens with zero attached hydrogens (tertiary/aromatic N) is 2. The predicted molar refractivity (Wildman–Crippen MR) is 133 cm³/mol. The number of aromatic nitrogens is 1. The molecule has 1 saturated carbocycles. The molecule has 2 bridgehead atoms. The maximum Gasteiger partial charge on any atom is 0.181 e. The first-order valence-electron chi connectivity index (χ1n) is 12.9. The van der Waals surface area contributed by atoms with Gasteiger partial charge in [0.15, 0.2) is 12.0 Å². The Morgan fingerprint density at radius 2 is 2.00 bits per heavy atom. The van der Waals surface area contributed by atoms with Crippen LogP contribution in [0.5, 0.6) is 0 Å². The van der Waals surface area contributed by atoms with E-state index in [1.807, 2.05) is 25.1 Å². The lowest BCUT2D eigenvalue weighted by Crippen LogP contribution is -2.62. The first kappa shape index (κ1) is 22.0. The number of hydrogen-bond acceptors (Lipinski definition) is 6. The van der Waals surface area contributed by atoms with E-state index in [-0.39, 0.29) is 17.1 Å². The van der Waals surface area contributed by atoms with E-state index in [0.29, 0.717) is 12.3 Å². The van der Waals surface area contributed by atoms with Crippen LogP contribution in [0.1, 0.15) is 51.5 Å². The largest absolute Gasteiger partial charge is 0.443 e. The highest BCUT2D eigenvalue weighted by molar-refractivity contribution is 5.82. The zero-order valence-corrected chi connectivity index (χ0v) is 20.9. The summed E-state index contributed by atoms with van der Waals surface area (Å²) in [4.78, 5) is 6.32. The Hall–Kier alpha value is -2.25. The summed E-state index contributed by atoms with van der Waals surface area (Å²) in [5.74, 6) is 0.327. The van der Waals surface area contributed by atoms with E-state index in [9.17, 15) is 10.2 Å². The lowest BCUT2D eigenvalue weighted by atomic mass is 9.56. The third-order valence-corrected chi connectivity index (χ3v) is 10.0. The Morgan fingerprint density at radius 1 is 1.17 bits per heavy atom. The molecule has 2 aromatic rings. The van der Waals surface area contributed by atoms with Gasteiger partial charge in [0.05, 0.1) is 17.3 Å². The van der Waals surface area contributed by atoms with E-state index in [2.05, 4.69) is 43.1 Å². The Morgan fingerprint density at radius 3 is 2.80 bits per heavy atom. The van der Waals surface area contributed by atoms with E-state index < -0.39 is 17.8 Å². The number of aliphatic hydroxyl groups excluding tert-OH is 2. The fourth-order valence-corrected chi connectivity index (χ4v) is 8.47.